The summed E-state index contributed by atoms with van der Waals surface area (Å²) in [5, 5.41) is 2.48. The molecule has 0 spiro atoms. The number of H-pyrrole nitrogens is 2. The van der Waals surface area contributed by atoms with Crippen LogP contribution in [0.25, 0.3) is 66.6 Å². The van der Waals surface area contributed by atoms with E-state index < -0.39 is 0 Å². The molecule has 0 atom stereocenters. The molecule has 0 bridgehead atoms. The van der Waals surface area contributed by atoms with Crippen LogP contribution in [0.3, 0.4) is 0 Å². The zero-order valence-electron chi connectivity index (χ0n) is 19.7. The number of rotatable bonds is 4. The minimum atomic E-state index is 1.15. The van der Waals surface area contributed by atoms with E-state index in [1.54, 1.807) is 0 Å². The van der Waals surface area contributed by atoms with Gasteiger partial charge in [0.25, 0.3) is 0 Å². The van der Waals surface area contributed by atoms with Crippen LogP contribution in [0.15, 0.2) is 133 Å². The third-order valence-electron chi connectivity index (χ3n) is 7.00. The Kier molecular flexibility index (Phi) is 4.82. The largest absolute Gasteiger partial charge is 0.354 e. The highest BCUT2D eigenvalue weighted by atomic mass is 14.7. The molecular weight excluding hydrogens is 436 g/mol. The molecule has 2 aromatic heterocycles. The van der Waals surface area contributed by atoms with E-state index in [4.69, 9.17) is 0 Å². The smallest absolute Gasteiger partial charge is 0.0544 e. The fraction of sp³-hybridized carbons (Fsp3) is 0. The number of aromatic amines is 2. The SMILES string of the molecule is c1ccc(-c2c(-c3ccc(-c4[nH]c5ccccc5c4-c4ccccc4)cc3)[nH]c3ccccc23)cc1. The standard InChI is InChI=1S/C34H24N2/c1-3-11-23(12-4-1)31-27-15-7-9-17-29(27)35-33(31)25-19-21-26(22-20-25)34-32(24-13-5-2-6-14-24)28-16-8-10-18-30(28)36-34/h1-22,35-36H. The molecule has 36 heavy (non-hydrogen) atoms. The Labute approximate surface area is 209 Å². The minimum Gasteiger partial charge on any atom is -0.354 e. The summed E-state index contributed by atoms with van der Waals surface area (Å²) in [5.41, 5.74) is 11.9. The second kappa shape index (κ2) is 8.44. The number of aromatic nitrogens is 2. The summed E-state index contributed by atoms with van der Waals surface area (Å²) in [6.07, 6.45) is 0. The van der Waals surface area contributed by atoms with Gasteiger partial charge in [-0.05, 0) is 34.4 Å². The Morgan fingerprint density at radius 3 is 1.08 bits per heavy atom. The molecule has 2 N–H and O–H groups in total. The van der Waals surface area contributed by atoms with Crippen molar-refractivity contribution in [3.8, 4) is 44.8 Å². The fourth-order valence-electron chi connectivity index (χ4n) is 5.33. The maximum atomic E-state index is 3.69. The first-order valence-electron chi connectivity index (χ1n) is 12.3. The summed E-state index contributed by atoms with van der Waals surface area (Å²) < 4.78 is 0. The molecule has 170 valence electrons. The van der Waals surface area contributed by atoms with Gasteiger partial charge in [-0.2, -0.15) is 0 Å². The Morgan fingerprint density at radius 2 is 0.667 bits per heavy atom. The van der Waals surface area contributed by atoms with Gasteiger partial charge in [-0.15, -0.1) is 0 Å². The van der Waals surface area contributed by atoms with Crippen LogP contribution >= 0.6 is 0 Å². The fourth-order valence-corrected chi connectivity index (χ4v) is 5.33. The number of hydrogen-bond donors (Lipinski definition) is 2. The van der Waals surface area contributed by atoms with Crippen molar-refractivity contribution in [2.45, 2.75) is 0 Å². The molecule has 2 nitrogen and oxygen atoms in total. The van der Waals surface area contributed by atoms with Crippen molar-refractivity contribution in [3.05, 3.63) is 133 Å². The van der Waals surface area contributed by atoms with Gasteiger partial charge >= 0.3 is 0 Å². The van der Waals surface area contributed by atoms with Crippen molar-refractivity contribution >= 4 is 21.8 Å². The van der Waals surface area contributed by atoms with E-state index in [0.29, 0.717) is 0 Å². The first-order valence-corrected chi connectivity index (χ1v) is 12.3. The molecule has 0 aliphatic carbocycles. The van der Waals surface area contributed by atoms with Crippen molar-refractivity contribution in [2.75, 3.05) is 0 Å². The van der Waals surface area contributed by atoms with E-state index in [0.717, 1.165) is 22.4 Å². The van der Waals surface area contributed by atoms with Gasteiger partial charge in [0.2, 0.25) is 0 Å². The predicted octanol–water partition coefficient (Wildman–Crippen LogP) is 9.32. The van der Waals surface area contributed by atoms with Gasteiger partial charge in [-0.1, -0.05) is 121 Å². The summed E-state index contributed by atoms with van der Waals surface area (Å²) in [5.74, 6) is 0. The lowest BCUT2D eigenvalue weighted by Crippen LogP contribution is -1.86. The Bertz CT molecular complexity index is 1670. The van der Waals surface area contributed by atoms with Gasteiger partial charge in [0, 0.05) is 32.9 Å². The molecule has 7 aromatic rings. The van der Waals surface area contributed by atoms with Gasteiger partial charge in [-0.25, -0.2) is 0 Å². The van der Waals surface area contributed by atoms with Crippen LogP contribution < -0.4 is 0 Å². The first-order chi connectivity index (χ1) is 17.9. The van der Waals surface area contributed by atoms with Crippen LogP contribution in [0, 0.1) is 0 Å². The van der Waals surface area contributed by atoms with Crippen molar-refractivity contribution < 1.29 is 0 Å². The van der Waals surface area contributed by atoms with Crippen molar-refractivity contribution in [1.29, 1.82) is 0 Å². The van der Waals surface area contributed by atoms with Gasteiger partial charge in [0.1, 0.15) is 0 Å². The van der Waals surface area contributed by atoms with Crippen LogP contribution in [0.1, 0.15) is 0 Å². The highest BCUT2D eigenvalue weighted by Crippen LogP contribution is 2.41. The van der Waals surface area contributed by atoms with Gasteiger partial charge in [0.15, 0.2) is 0 Å². The topological polar surface area (TPSA) is 31.6 Å². The van der Waals surface area contributed by atoms with Gasteiger partial charge in [-0.3, -0.25) is 0 Å². The average Bonchev–Trinajstić information content (AvgIpc) is 3.53. The first kappa shape index (κ1) is 20.5. The van der Waals surface area contributed by atoms with Crippen LogP contribution in [0.2, 0.25) is 0 Å². The van der Waals surface area contributed by atoms with Crippen LogP contribution in [-0.4, -0.2) is 9.97 Å². The van der Waals surface area contributed by atoms with E-state index in [-0.39, 0.29) is 0 Å². The Balaban J connectivity index is 1.39. The summed E-state index contributed by atoms with van der Waals surface area (Å²) in [7, 11) is 0. The summed E-state index contributed by atoms with van der Waals surface area (Å²) in [6, 6.07) is 47.3. The maximum Gasteiger partial charge on any atom is 0.0544 e. The van der Waals surface area contributed by atoms with E-state index in [1.165, 1.54) is 44.2 Å². The molecule has 7 rings (SSSR count). The van der Waals surface area contributed by atoms with Crippen LogP contribution in [0.4, 0.5) is 0 Å². The Morgan fingerprint density at radius 1 is 0.306 bits per heavy atom. The molecule has 0 saturated heterocycles. The second-order valence-electron chi connectivity index (χ2n) is 9.15. The predicted molar refractivity (Wildman–Crippen MR) is 152 cm³/mol. The summed E-state index contributed by atoms with van der Waals surface area (Å²) >= 11 is 0. The van der Waals surface area contributed by atoms with E-state index in [1.807, 2.05) is 0 Å². The third-order valence-corrected chi connectivity index (χ3v) is 7.00. The highest BCUT2D eigenvalue weighted by molar-refractivity contribution is 6.05. The third kappa shape index (κ3) is 3.35. The normalized spacial score (nSPS) is 11.3. The van der Waals surface area contributed by atoms with E-state index in [9.17, 15) is 0 Å². The lowest BCUT2D eigenvalue weighted by atomic mass is 9.96. The second-order valence-corrected chi connectivity index (χ2v) is 9.15. The lowest BCUT2D eigenvalue weighted by Gasteiger charge is -2.09. The summed E-state index contributed by atoms with van der Waals surface area (Å²) in [6.45, 7) is 0. The van der Waals surface area contributed by atoms with Crippen molar-refractivity contribution in [2.24, 2.45) is 0 Å². The summed E-state index contributed by atoms with van der Waals surface area (Å²) in [4.78, 5) is 7.38. The number of fused-ring (bicyclic) bond motifs is 2. The quantitative estimate of drug-likeness (QED) is 0.262. The van der Waals surface area contributed by atoms with Gasteiger partial charge < -0.3 is 9.97 Å². The highest BCUT2D eigenvalue weighted by Gasteiger charge is 2.17. The molecule has 0 radical (unpaired) electrons. The number of hydrogen-bond acceptors (Lipinski definition) is 0. The molecule has 0 unspecified atom stereocenters. The molecular formula is C34H24N2. The van der Waals surface area contributed by atoms with Crippen molar-refractivity contribution in [3.63, 3.8) is 0 Å². The Hall–Kier alpha value is -4.82. The average molecular weight is 461 g/mol. The number of para-hydroxylation sites is 2. The van der Waals surface area contributed by atoms with Crippen LogP contribution in [0.5, 0.6) is 0 Å². The number of benzene rings is 5. The van der Waals surface area contributed by atoms with Crippen molar-refractivity contribution in [1.82, 2.24) is 9.97 Å². The molecule has 2 heterocycles. The zero-order valence-corrected chi connectivity index (χ0v) is 19.7. The number of nitrogens with one attached hydrogen (secondary N) is 2. The lowest BCUT2D eigenvalue weighted by molar-refractivity contribution is 1.43. The van der Waals surface area contributed by atoms with E-state index >= 15 is 0 Å². The van der Waals surface area contributed by atoms with Gasteiger partial charge in [0.05, 0.1) is 11.4 Å². The molecule has 0 aliphatic rings. The molecule has 2 heteroatoms. The molecule has 0 amide bonds. The molecule has 0 saturated carbocycles. The molecule has 0 fully saturated rings. The van der Waals surface area contributed by atoms with Crippen LogP contribution in [-0.2, 0) is 0 Å². The maximum absolute atomic E-state index is 3.69. The monoisotopic (exact) mass is 460 g/mol. The minimum absolute atomic E-state index is 1.15. The van der Waals surface area contributed by atoms with E-state index in [2.05, 4.69) is 143 Å². The zero-order chi connectivity index (χ0) is 23.9. The molecule has 5 aromatic carbocycles. The molecule has 0 aliphatic heterocycles.